The Kier molecular flexibility index (Phi) is 3.08. The molecular weight excluding hydrogens is 176 g/mol. The van der Waals surface area contributed by atoms with Gasteiger partial charge in [-0.05, 0) is 26.8 Å². The molecule has 74 valence electrons. The molecule has 0 saturated carbocycles. The van der Waals surface area contributed by atoms with Crippen molar-refractivity contribution >= 4 is 0 Å². The van der Waals surface area contributed by atoms with Crippen LogP contribution < -0.4 is 5.69 Å². The first-order chi connectivity index (χ1) is 6.49. The van der Waals surface area contributed by atoms with Crippen molar-refractivity contribution in [2.24, 2.45) is 5.41 Å². The van der Waals surface area contributed by atoms with E-state index >= 15 is 0 Å². The molecule has 1 rings (SSSR count). The van der Waals surface area contributed by atoms with Crippen LogP contribution in [0.5, 0.6) is 0 Å². The molecule has 0 bridgehead atoms. The fourth-order valence-electron chi connectivity index (χ4n) is 0.897. The summed E-state index contributed by atoms with van der Waals surface area (Å²) in [6.45, 7) is 6.51. The zero-order chi connectivity index (χ0) is 10.6. The third-order valence-electron chi connectivity index (χ3n) is 1.50. The Labute approximate surface area is 83.8 Å². The van der Waals surface area contributed by atoms with Crippen molar-refractivity contribution in [2.45, 2.75) is 27.3 Å². The molecule has 0 aliphatic rings. The van der Waals surface area contributed by atoms with E-state index in [1.165, 1.54) is 10.8 Å². The van der Waals surface area contributed by atoms with E-state index in [9.17, 15) is 4.79 Å². The van der Waals surface area contributed by atoms with Gasteiger partial charge in [0.2, 0.25) is 0 Å². The minimum absolute atomic E-state index is 0.0220. The van der Waals surface area contributed by atoms with Crippen molar-refractivity contribution < 1.29 is 0 Å². The highest BCUT2D eigenvalue weighted by Crippen LogP contribution is 2.09. The summed E-state index contributed by atoms with van der Waals surface area (Å²) < 4.78 is 1.48. The lowest BCUT2D eigenvalue weighted by Crippen LogP contribution is -2.20. The van der Waals surface area contributed by atoms with Crippen molar-refractivity contribution in [3.63, 3.8) is 0 Å². The van der Waals surface area contributed by atoms with Crippen LogP contribution in [0.25, 0.3) is 0 Å². The van der Waals surface area contributed by atoms with Gasteiger partial charge in [-0.15, -0.1) is 0 Å². The first-order valence-electron chi connectivity index (χ1n) is 4.50. The molecule has 0 saturated heterocycles. The second kappa shape index (κ2) is 4.10. The van der Waals surface area contributed by atoms with Gasteiger partial charge >= 0.3 is 5.69 Å². The zero-order valence-electron chi connectivity index (χ0n) is 8.74. The Morgan fingerprint density at radius 1 is 1.50 bits per heavy atom. The number of hydrogen-bond donors (Lipinski definition) is 0. The minimum atomic E-state index is -0.254. The van der Waals surface area contributed by atoms with E-state index in [4.69, 9.17) is 0 Å². The molecule has 0 aliphatic carbocycles. The third-order valence-corrected chi connectivity index (χ3v) is 1.50. The van der Waals surface area contributed by atoms with E-state index in [1.54, 1.807) is 12.3 Å². The van der Waals surface area contributed by atoms with Gasteiger partial charge in [-0.3, -0.25) is 4.57 Å². The maximum absolute atomic E-state index is 11.2. The molecule has 3 nitrogen and oxygen atoms in total. The van der Waals surface area contributed by atoms with Crippen molar-refractivity contribution in [2.75, 3.05) is 0 Å². The molecule has 1 aromatic heterocycles. The SMILES string of the molecule is CC(C)(C)C#CCn1cccnc1=O. The van der Waals surface area contributed by atoms with E-state index in [0.29, 0.717) is 6.54 Å². The molecule has 0 fully saturated rings. The average Bonchev–Trinajstić information content (AvgIpc) is 2.06. The van der Waals surface area contributed by atoms with Crippen LogP contribution in [-0.2, 0) is 6.54 Å². The average molecular weight is 190 g/mol. The Bertz CT molecular complexity index is 415. The molecule has 14 heavy (non-hydrogen) atoms. The smallest absolute Gasteiger partial charge is 0.288 e. The number of hydrogen-bond acceptors (Lipinski definition) is 2. The van der Waals surface area contributed by atoms with Gasteiger partial charge in [-0.25, -0.2) is 9.78 Å². The highest BCUT2D eigenvalue weighted by atomic mass is 16.1. The molecule has 0 N–H and O–H groups in total. The second-order valence-electron chi connectivity index (χ2n) is 4.08. The molecule has 1 heterocycles. The maximum atomic E-state index is 11.2. The van der Waals surface area contributed by atoms with Crippen LogP contribution in [0.4, 0.5) is 0 Å². The summed E-state index contributed by atoms with van der Waals surface area (Å²) >= 11 is 0. The predicted octanol–water partition coefficient (Wildman–Crippen LogP) is 1.29. The quantitative estimate of drug-likeness (QED) is 0.625. The van der Waals surface area contributed by atoms with Crippen molar-refractivity contribution in [1.82, 2.24) is 9.55 Å². The third kappa shape index (κ3) is 3.44. The lowest BCUT2D eigenvalue weighted by molar-refractivity contribution is 0.569. The monoisotopic (exact) mass is 190 g/mol. The minimum Gasteiger partial charge on any atom is -0.288 e. The molecule has 0 amide bonds. The summed E-state index contributed by atoms with van der Waals surface area (Å²) in [6.07, 6.45) is 3.17. The van der Waals surface area contributed by atoms with Gasteiger partial charge in [0.05, 0.1) is 6.54 Å². The van der Waals surface area contributed by atoms with E-state index in [2.05, 4.69) is 16.8 Å². The summed E-state index contributed by atoms with van der Waals surface area (Å²) in [4.78, 5) is 14.8. The molecule has 0 unspecified atom stereocenters. The normalized spacial score (nSPS) is 10.5. The molecule has 1 aromatic rings. The van der Waals surface area contributed by atoms with Crippen molar-refractivity contribution in [1.29, 1.82) is 0 Å². The summed E-state index contributed by atoms with van der Waals surface area (Å²) in [5.74, 6) is 6.02. The lowest BCUT2D eigenvalue weighted by Gasteiger charge is -2.06. The number of rotatable bonds is 1. The Morgan fingerprint density at radius 2 is 2.21 bits per heavy atom. The molecule has 0 aromatic carbocycles. The standard InChI is InChI=1S/C11H14N2O/c1-11(2,3)6-4-8-13-9-5-7-12-10(13)14/h5,7,9H,8H2,1-3H3. The van der Waals surface area contributed by atoms with Gasteiger partial charge in [0.1, 0.15) is 0 Å². The first-order valence-corrected chi connectivity index (χ1v) is 4.50. The topological polar surface area (TPSA) is 34.9 Å². The Hall–Kier alpha value is -1.56. The van der Waals surface area contributed by atoms with Gasteiger partial charge in [0, 0.05) is 17.8 Å². The van der Waals surface area contributed by atoms with Gasteiger partial charge in [-0.1, -0.05) is 11.8 Å². The first kappa shape index (κ1) is 10.5. The van der Waals surface area contributed by atoms with Crippen LogP contribution in [0.3, 0.4) is 0 Å². The van der Waals surface area contributed by atoms with Crippen LogP contribution in [0, 0.1) is 17.3 Å². The van der Waals surface area contributed by atoms with Crippen molar-refractivity contribution in [3.05, 3.63) is 28.9 Å². The molecule has 3 heteroatoms. The maximum Gasteiger partial charge on any atom is 0.348 e. The molecule has 0 radical (unpaired) electrons. The molecule has 0 spiro atoms. The summed E-state index contributed by atoms with van der Waals surface area (Å²) in [7, 11) is 0. The number of nitrogens with zero attached hydrogens (tertiary/aromatic N) is 2. The molecule has 0 atom stereocenters. The van der Waals surface area contributed by atoms with Gasteiger partial charge < -0.3 is 0 Å². The lowest BCUT2D eigenvalue weighted by atomic mass is 9.98. The van der Waals surface area contributed by atoms with E-state index in [0.717, 1.165) is 0 Å². The van der Waals surface area contributed by atoms with E-state index < -0.39 is 0 Å². The van der Waals surface area contributed by atoms with Crippen LogP contribution in [-0.4, -0.2) is 9.55 Å². The zero-order valence-corrected chi connectivity index (χ0v) is 8.74. The highest BCUT2D eigenvalue weighted by Gasteiger charge is 2.02. The van der Waals surface area contributed by atoms with Gasteiger partial charge in [-0.2, -0.15) is 0 Å². The van der Waals surface area contributed by atoms with Gasteiger partial charge in [0.15, 0.2) is 0 Å². The largest absolute Gasteiger partial charge is 0.348 e. The summed E-state index contributed by atoms with van der Waals surface area (Å²) in [5.41, 5.74) is -0.276. The predicted molar refractivity (Wildman–Crippen MR) is 55.7 cm³/mol. The molecule has 0 aliphatic heterocycles. The van der Waals surface area contributed by atoms with Crippen LogP contribution in [0.1, 0.15) is 20.8 Å². The highest BCUT2D eigenvalue weighted by molar-refractivity contribution is 5.07. The van der Waals surface area contributed by atoms with Gasteiger partial charge in [0.25, 0.3) is 0 Å². The fraction of sp³-hybridized carbons (Fsp3) is 0.455. The molecular formula is C11H14N2O. The van der Waals surface area contributed by atoms with Crippen LogP contribution in [0.15, 0.2) is 23.3 Å². The Balaban J connectivity index is 2.76. The van der Waals surface area contributed by atoms with E-state index in [-0.39, 0.29) is 11.1 Å². The second-order valence-corrected chi connectivity index (χ2v) is 4.08. The number of aromatic nitrogens is 2. The van der Waals surface area contributed by atoms with Crippen molar-refractivity contribution in [3.8, 4) is 11.8 Å². The Morgan fingerprint density at radius 3 is 2.79 bits per heavy atom. The van der Waals surface area contributed by atoms with Crippen LogP contribution in [0.2, 0.25) is 0 Å². The van der Waals surface area contributed by atoms with Crippen LogP contribution >= 0.6 is 0 Å². The summed E-state index contributed by atoms with van der Waals surface area (Å²) in [5, 5.41) is 0. The fourth-order valence-corrected chi connectivity index (χ4v) is 0.897. The van der Waals surface area contributed by atoms with E-state index in [1.807, 2.05) is 20.8 Å². The summed E-state index contributed by atoms with van der Waals surface area (Å²) in [6, 6.07) is 1.72.